The number of hydrogen-bond donors (Lipinski definition) is 1. The first-order chi connectivity index (χ1) is 6.24. The van der Waals surface area contributed by atoms with E-state index >= 15 is 0 Å². The monoisotopic (exact) mass is 174 g/mol. The third-order valence-corrected chi connectivity index (χ3v) is 1.75. The lowest BCUT2D eigenvalue weighted by atomic mass is 10.1. The molecule has 0 aliphatic heterocycles. The maximum atomic E-state index is 9.43. The van der Waals surface area contributed by atoms with Gasteiger partial charge in [-0.2, -0.15) is 0 Å². The topological polar surface area (TPSA) is 20.2 Å². The highest BCUT2D eigenvalue weighted by atomic mass is 16.3. The summed E-state index contributed by atoms with van der Waals surface area (Å²) in [5.41, 5.74) is 1.85. The smallest absolute Gasteiger partial charge is 0.131 e. The SMILES string of the molecule is CCCC#Cc1cc(C)ccc1O. The lowest BCUT2D eigenvalue weighted by Gasteiger charge is -1.97. The highest BCUT2D eigenvalue weighted by Crippen LogP contribution is 2.16. The molecule has 0 saturated heterocycles. The second kappa shape index (κ2) is 4.57. The van der Waals surface area contributed by atoms with Crippen LogP contribution in [0.3, 0.4) is 0 Å². The molecule has 0 aromatic heterocycles. The maximum absolute atomic E-state index is 9.43. The normalized spacial score (nSPS) is 9.08. The van der Waals surface area contributed by atoms with Crippen LogP contribution in [0.5, 0.6) is 5.75 Å². The van der Waals surface area contributed by atoms with E-state index in [1.165, 1.54) is 0 Å². The molecule has 0 bridgehead atoms. The number of rotatable bonds is 1. The van der Waals surface area contributed by atoms with E-state index in [1.54, 1.807) is 6.07 Å². The van der Waals surface area contributed by atoms with E-state index in [2.05, 4.69) is 18.8 Å². The predicted octanol–water partition coefficient (Wildman–Crippen LogP) is 2.85. The summed E-state index contributed by atoms with van der Waals surface area (Å²) < 4.78 is 0. The molecule has 0 atom stereocenters. The van der Waals surface area contributed by atoms with Gasteiger partial charge in [0.15, 0.2) is 0 Å². The van der Waals surface area contributed by atoms with Gasteiger partial charge in [0, 0.05) is 6.42 Å². The molecule has 0 aliphatic rings. The zero-order valence-corrected chi connectivity index (χ0v) is 8.09. The summed E-state index contributed by atoms with van der Waals surface area (Å²) in [6, 6.07) is 5.46. The lowest BCUT2D eigenvalue weighted by Crippen LogP contribution is -1.78. The summed E-state index contributed by atoms with van der Waals surface area (Å²) in [5.74, 6) is 6.24. The fourth-order valence-corrected chi connectivity index (χ4v) is 1.03. The minimum atomic E-state index is 0.272. The molecule has 0 radical (unpaired) electrons. The van der Waals surface area contributed by atoms with Crippen LogP contribution in [-0.4, -0.2) is 5.11 Å². The maximum Gasteiger partial charge on any atom is 0.131 e. The van der Waals surface area contributed by atoms with Crippen molar-refractivity contribution in [2.24, 2.45) is 0 Å². The zero-order chi connectivity index (χ0) is 9.68. The van der Waals surface area contributed by atoms with Crippen molar-refractivity contribution in [3.8, 4) is 17.6 Å². The molecule has 68 valence electrons. The highest BCUT2D eigenvalue weighted by Gasteiger charge is 1.95. The first-order valence-electron chi connectivity index (χ1n) is 4.52. The van der Waals surface area contributed by atoms with Crippen molar-refractivity contribution in [2.45, 2.75) is 26.7 Å². The van der Waals surface area contributed by atoms with Crippen molar-refractivity contribution in [3.05, 3.63) is 29.3 Å². The van der Waals surface area contributed by atoms with E-state index in [0.29, 0.717) is 0 Å². The van der Waals surface area contributed by atoms with Crippen LogP contribution < -0.4 is 0 Å². The Morgan fingerprint density at radius 3 is 2.85 bits per heavy atom. The fraction of sp³-hybridized carbons (Fsp3) is 0.333. The summed E-state index contributed by atoms with van der Waals surface area (Å²) in [4.78, 5) is 0. The van der Waals surface area contributed by atoms with Gasteiger partial charge in [-0.25, -0.2) is 0 Å². The second-order valence-corrected chi connectivity index (χ2v) is 3.07. The largest absolute Gasteiger partial charge is 0.507 e. The van der Waals surface area contributed by atoms with Crippen molar-refractivity contribution in [3.63, 3.8) is 0 Å². The summed E-state index contributed by atoms with van der Waals surface area (Å²) >= 11 is 0. The van der Waals surface area contributed by atoms with E-state index < -0.39 is 0 Å². The van der Waals surface area contributed by atoms with Crippen LogP contribution >= 0.6 is 0 Å². The number of phenolic OH excluding ortho intramolecular Hbond substituents is 1. The Kier molecular flexibility index (Phi) is 3.40. The van der Waals surface area contributed by atoms with Gasteiger partial charge in [-0.1, -0.05) is 24.8 Å². The molecular weight excluding hydrogens is 160 g/mol. The minimum Gasteiger partial charge on any atom is -0.507 e. The Bertz CT molecular complexity index is 342. The number of benzene rings is 1. The molecule has 0 spiro atoms. The summed E-state index contributed by atoms with van der Waals surface area (Å²) in [5, 5.41) is 9.43. The average molecular weight is 174 g/mol. The number of hydrogen-bond acceptors (Lipinski definition) is 1. The Morgan fingerprint density at radius 2 is 2.15 bits per heavy atom. The van der Waals surface area contributed by atoms with Crippen LogP contribution in [0.15, 0.2) is 18.2 Å². The molecule has 1 N–H and O–H groups in total. The van der Waals surface area contributed by atoms with Gasteiger partial charge in [0.05, 0.1) is 5.56 Å². The van der Waals surface area contributed by atoms with Crippen LogP contribution in [0.2, 0.25) is 0 Å². The number of phenols is 1. The molecule has 0 saturated carbocycles. The van der Waals surface area contributed by atoms with Gasteiger partial charge in [-0.05, 0) is 31.0 Å². The standard InChI is InChI=1S/C12H14O/c1-3-4-5-6-11-9-10(2)7-8-12(11)13/h7-9,13H,3-4H2,1-2H3. The van der Waals surface area contributed by atoms with Crippen LogP contribution in [0.25, 0.3) is 0 Å². The number of aryl methyl sites for hydroxylation is 1. The number of aromatic hydroxyl groups is 1. The third kappa shape index (κ3) is 2.83. The molecule has 0 unspecified atom stereocenters. The predicted molar refractivity (Wildman–Crippen MR) is 54.6 cm³/mol. The Balaban J connectivity index is 2.89. The first-order valence-corrected chi connectivity index (χ1v) is 4.52. The molecule has 0 heterocycles. The van der Waals surface area contributed by atoms with Gasteiger partial charge in [0.1, 0.15) is 5.75 Å². The quantitative estimate of drug-likeness (QED) is 0.649. The molecule has 1 nitrogen and oxygen atoms in total. The molecule has 1 aromatic rings. The van der Waals surface area contributed by atoms with Crippen LogP contribution in [0, 0.1) is 18.8 Å². The summed E-state index contributed by atoms with van der Waals surface area (Å²) in [6.07, 6.45) is 1.94. The van der Waals surface area contributed by atoms with Crippen molar-refractivity contribution >= 4 is 0 Å². The molecular formula is C12H14O. The van der Waals surface area contributed by atoms with Crippen LogP contribution in [0.4, 0.5) is 0 Å². The lowest BCUT2D eigenvalue weighted by molar-refractivity contribution is 0.473. The zero-order valence-electron chi connectivity index (χ0n) is 8.09. The van der Waals surface area contributed by atoms with E-state index in [4.69, 9.17) is 0 Å². The Labute approximate surface area is 79.4 Å². The molecule has 0 aliphatic carbocycles. The molecule has 1 aromatic carbocycles. The van der Waals surface area contributed by atoms with Crippen LogP contribution in [0.1, 0.15) is 30.9 Å². The van der Waals surface area contributed by atoms with E-state index in [1.807, 2.05) is 19.1 Å². The van der Waals surface area contributed by atoms with Crippen molar-refractivity contribution in [1.29, 1.82) is 0 Å². The molecule has 0 fully saturated rings. The first kappa shape index (κ1) is 9.67. The van der Waals surface area contributed by atoms with Crippen molar-refractivity contribution in [2.75, 3.05) is 0 Å². The molecule has 1 heteroatoms. The third-order valence-electron chi connectivity index (χ3n) is 1.75. The van der Waals surface area contributed by atoms with Gasteiger partial charge < -0.3 is 5.11 Å². The van der Waals surface area contributed by atoms with Gasteiger partial charge in [-0.15, -0.1) is 0 Å². The van der Waals surface area contributed by atoms with Gasteiger partial charge in [0.2, 0.25) is 0 Å². The highest BCUT2D eigenvalue weighted by molar-refractivity contribution is 5.46. The van der Waals surface area contributed by atoms with Gasteiger partial charge >= 0.3 is 0 Å². The average Bonchev–Trinajstić information content (AvgIpc) is 2.11. The minimum absolute atomic E-state index is 0.272. The second-order valence-electron chi connectivity index (χ2n) is 3.07. The fourth-order valence-electron chi connectivity index (χ4n) is 1.03. The van der Waals surface area contributed by atoms with E-state index in [9.17, 15) is 5.11 Å². The van der Waals surface area contributed by atoms with Crippen molar-refractivity contribution < 1.29 is 5.11 Å². The van der Waals surface area contributed by atoms with E-state index in [-0.39, 0.29) is 5.75 Å². The Hall–Kier alpha value is -1.42. The summed E-state index contributed by atoms with van der Waals surface area (Å²) in [7, 11) is 0. The summed E-state index contributed by atoms with van der Waals surface area (Å²) in [6.45, 7) is 4.08. The van der Waals surface area contributed by atoms with Crippen molar-refractivity contribution in [1.82, 2.24) is 0 Å². The Morgan fingerprint density at radius 1 is 1.38 bits per heavy atom. The molecule has 13 heavy (non-hydrogen) atoms. The van der Waals surface area contributed by atoms with Gasteiger partial charge in [-0.3, -0.25) is 0 Å². The van der Waals surface area contributed by atoms with E-state index in [0.717, 1.165) is 24.0 Å². The number of unbranched alkanes of at least 4 members (excludes halogenated alkanes) is 1. The molecule has 0 amide bonds. The molecule has 1 rings (SSSR count). The van der Waals surface area contributed by atoms with Crippen LogP contribution in [-0.2, 0) is 0 Å². The van der Waals surface area contributed by atoms with Gasteiger partial charge in [0.25, 0.3) is 0 Å².